The lowest BCUT2D eigenvalue weighted by molar-refractivity contribution is -0.274. The lowest BCUT2D eigenvalue weighted by Gasteiger charge is -2.37. The maximum Gasteiger partial charge on any atom is 0.573 e. The van der Waals surface area contributed by atoms with Gasteiger partial charge in [-0.15, -0.1) is 13.2 Å². The molecule has 8 nitrogen and oxygen atoms in total. The van der Waals surface area contributed by atoms with E-state index in [-0.39, 0.29) is 18.6 Å². The molecule has 0 bridgehead atoms. The SMILES string of the molecule is Cn1cc(C(=O)O)c(=O)c2cc(F)c(N3CCN(c4nc5ccccc5s4)CC3)c(OC(F)(F)F)c21. The molecule has 13 heteroatoms. The summed E-state index contributed by atoms with van der Waals surface area (Å²) in [6.45, 7) is 1.04. The molecule has 0 spiro atoms. The van der Waals surface area contributed by atoms with Gasteiger partial charge in [0.15, 0.2) is 16.7 Å². The van der Waals surface area contributed by atoms with Gasteiger partial charge in [0.25, 0.3) is 0 Å². The van der Waals surface area contributed by atoms with Crippen molar-refractivity contribution in [1.82, 2.24) is 9.55 Å². The Morgan fingerprint density at radius 1 is 1.14 bits per heavy atom. The molecule has 0 unspecified atom stereocenters. The van der Waals surface area contributed by atoms with Crippen LogP contribution in [0, 0.1) is 5.82 Å². The van der Waals surface area contributed by atoms with Crippen molar-refractivity contribution in [3.05, 3.63) is 58.1 Å². The molecule has 1 N–H and O–H groups in total. The Balaban J connectivity index is 1.56. The van der Waals surface area contributed by atoms with Crippen molar-refractivity contribution in [1.29, 1.82) is 0 Å². The van der Waals surface area contributed by atoms with Crippen molar-refractivity contribution in [2.75, 3.05) is 36.0 Å². The first-order chi connectivity index (χ1) is 17.0. The maximum absolute atomic E-state index is 15.3. The quantitative estimate of drug-likeness (QED) is 0.402. The van der Waals surface area contributed by atoms with Crippen LogP contribution in [0.4, 0.5) is 28.4 Å². The molecule has 0 amide bonds. The summed E-state index contributed by atoms with van der Waals surface area (Å²) >= 11 is 1.49. The fourth-order valence-corrected chi connectivity index (χ4v) is 5.38. The summed E-state index contributed by atoms with van der Waals surface area (Å²) in [5, 5.41) is 9.50. The predicted octanol–water partition coefficient (Wildman–Crippen LogP) is 4.21. The van der Waals surface area contributed by atoms with E-state index in [1.54, 1.807) is 0 Å². The molecule has 0 aliphatic carbocycles. The number of aromatic nitrogens is 2. The van der Waals surface area contributed by atoms with Crippen LogP contribution in [-0.4, -0.2) is 53.2 Å². The third kappa shape index (κ3) is 4.19. The number of nitrogens with zero attached hydrogens (tertiary/aromatic N) is 4. The van der Waals surface area contributed by atoms with Gasteiger partial charge in [0, 0.05) is 39.4 Å². The van der Waals surface area contributed by atoms with Crippen LogP contribution < -0.4 is 20.0 Å². The molecule has 5 rings (SSSR count). The summed E-state index contributed by atoms with van der Waals surface area (Å²) in [6, 6.07) is 8.37. The number of fused-ring (bicyclic) bond motifs is 2. The summed E-state index contributed by atoms with van der Waals surface area (Å²) in [5.41, 5.74) is -1.76. The second-order valence-electron chi connectivity index (χ2n) is 8.21. The van der Waals surface area contributed by atoms with E-state index in [4.69, 9.17) is 0 Å². The van der Waals surface area contributed by atoms with Crippen LogP contribution in [0.1, 0.15) is 10.4 Å². The highest BCUT2D eigenvalue weighted by atomic mass is 32.1. The Morgan fingerprint density at radius 3 is 2.44 bits per heavy atom. The highest BCUT2D eigenvalue weighted by molar-refractivity contribution is 7.22. The van der Waals surface area contributed by atoms with Gasteiger partial charge in [0.1, 0.15) is 11.3 Å². The number of carboxylic acids is 1. The molecule has 0 radical (unpaired) electrons. The zero-order valence-corrected chi connectivity index (χ0v) is 19.5. The van der Waals surface area contributed by atoms with E-state index in [0.717, 1.165) is 32.2 Å². The number of pyridine rings is 1. The van der Waals surface area contributed by atoms with Gasteiger partial charge in [-0.25, -0.2) is 14.2 Å². The number of thiazole rings is 1. The molecule has 36 heavy (non-hydrogen) atoms. The normalized spacial score (nSPS) is 14.6. The fraction of sp³-hybridized carbons (Fsp3) is 0.261. The Morgan fingerprint density at radius 2 is 1.81 bits per heavy atom. The molecule has 1 saturated heterocycles. The number of halogens is 4. The molecule has 1 fully saturated rings. The van der Waals surface area contributed by atoms with Gasteiger partial charge in [-0.05, 0) is 18.2 Å². The molecular weight excluding hydrogens is 504 g/mol. The Labute approximate surface area is 204 Å². The van der Waals surface area contributed by atoms with E-state index in [2.05, 4.69) is 9.72 Å². The third-order valence-electron chi connectivity index (χ3n) is 5.94. The molecule has 3 heterocycles. The van der Waals surface area contributed by atoms with E-state index >= 15 is 4.39 Å². The molecule has 0 atom stereocenters. The molecular formula is C23H18F4N4O4S. The van der Waals surface area contributed by atoms with Crippen molar-refractivity contribution in [2.45, 2.75) is 6.36 Å². The minimum Gasteiger partial charge on any atom is -0.477 e. The van der Waals surface area contributed by atoms with Gasteiger partial charge in [-0.2, -0.15) is 0 Å². The first kappa shape index (κ1) is 23.9. The number of carboxylic acid groups (broad SMARTS) is 1. The number of piperazine rings is 1. The van der Waals surface area contributed by atoms with Crippen molar-refractivity contribution in [2.24, 2.45) is 7.05 Å². The summed E-state index contributed by atoms with van der Waals surface area (Å²) in [6.07, 6.45) is -4.29. The molecule has 2 aromatic carbocycles. The molecule has 4 aromatic rings. The summed E-state index contributed by atoms with van der Waals surface area (Å²) in [5.74, 6) is -3.58. The van der Waals surface area contributed by atoms with Gasteiger partial charge in [-0.3, -0.25) is 4.79 Å². The van der Waals surface area contributed by atoms with E-state index < -0.39 is 46.0 Å². The van der Waals surface area contributed by atoms with Crippen LogP contribution in [0.5, 0.6) is 5.75 Å². The Kier molecular flexibility index (Phi) is 5.74. The lowest BCUT2D eigenvalue weighted by atomic mass is 10.1. The minimum absolute atomic E-state index is 0.160. The highest BCUT2D eigenvalue weighted by Gasteiger charge is 2.37. The lowest BCUT2D eigenvalue weighted by Crippen LogP contribution is -2.47. The standard InChI is InChI=1S/C23H18F4N4O4S/c1-29-11-13(21(33)34)19(32)12-10-14(24)18(20(17(12)29)35-23(25,26)27)30-6-8-31(9-7-30)22-28-15-4-2-3-5-16(15)36-22/h2-5,10-11H,6-9H2,1H3,(H,33,34). The highest BCUT2D eigenvalue weighted by Crippen LogP contribution is 2.41. The molecule has 1 aliphatic heterocycles. The Bertz CT molecular complexity index is 1530. The van der Waals surface area contributed by atoms with E-state index in [9.17, 15) is 27.9 Å². The van der Waals surface area contributed by atoms with Gasteiger partial charge in [0.05, 0.1) is 21.1 Å². The van der Waals surface area contributed by atoms with Crippen LogP contribution in [-0.2, 0) is 7.05 Å². The molecule has 0 saturated carbocycles. The third-order valence-corrected chi connectivity index (χ3v) is 7.04. The number of ether oxygens (including phenoxy) is 1. The average Bonchev–Trinajstić information content (AvgIpc) is 3.24. The van der Waals surface area contributed by atoms with Crippen LogP contribution in [0.3, 0.4) is 0 Å². The molecule has 2 aromatic heterocycles. The van der Waals surface area contributed by atoms with Gasteiger partial charge >= 0.3 is 12.3 Å². The smallest absolute Gasteiger partial charge is 0.477 e. The maximum atomic E-state index is 15.3. The van der Waals surface area contributed by atoms with Crippen molar-refractivity contribution < 1.29 is 32.2 Å². The summed E-state index contributed by atoms with van der Waals surface area (Å²) in [4.78, 5) is 32.0. The fourth-order valence-electron chi connectivity index (χ4n) is 4.37. The number of carbonyl (C=O) groups is 1. The van der Waals surface area contributed by atoms with Crippen molar-refractivity contribution in [3.63, 3.8) is 0 Å². The number of hydrogen-bond acceptors (Lipinski definition) is 7. The van der Waals surface area contributed by atoms with E-state index in [1.807, 2.05) is 29.2 Å². The van der Waals surface area contributed by atoms with Gasteiger partial charge in [-0.1, -0.05) is 23.5 Å². The molecule has 1 aliphatic rings. The van der Waals surface area contributed by atoms with E-state index in [1.165, 1.54) is 23.3 Å². The van der Waals surface area contributed by atoms with E-state index in [0.29, 0.717) is 13.1 Å². The van der Waals surface area contributed by atoms with Crippen LogP contribution in [0.15, 0.2) is 41.3 Å². The second kappa shape index (κ2) is 8.66. The summed E-state index contributed by atoms with van der Waals surface area (Å²) in [7, 11) is 1.27. The number of rotatable bonds is 4. The monoisotopic (exact) mass is 522 g/mol. The number of aryl methyl sites for hydroxylation is 1. The zero-order chi connectivity index (χ0) is 25.8. The molecule has 188 valence electrons. The van der Waals surface area contributed by atoms with Crippen LogP contribution >= 0.6 is 11.3 Å². The topological polar surface area (TPSA) is 87.9 Å². The van der Waals surface area contributed by atoms with Gasteiger partial charge in [0.2, 0.25) is 5.43 Å². The average molecular weight is 522 g/mol. The number of alkyl halides is 3. The van der Waals surface area contributed by atoms with Crippen molar-refractivity contribution >= 4 is 49.2 Å². The number of hydrogen-bond donors (Lipinski definition) is 1. The summed E-state index contributed by atoms with van der Waals surface area (Å²) < 4.78 is 61.9. The number of anilines is 2. The largest absolute Gasteiger partial charge is 0.573 e. The van der Waals surface area contributed by atoms with Crippen LogP contribution in [0.2, 0.25) is 0 Å². The van der Waals surface area contributed by atoms with Gasteiger partial charge < -0.3 is 24.2 Å². The number of para-hydroxylation sites is 1. The second-order valence-corrected chi connectivity index (χ2v) is 9.22. The first-order valence-electron chi connectivity index (χ1n) is 10.7. The Hall–Kier alpha value is -3.87. The number of aromatic carboxylic acids is 1. The minimum atomic E-state index is -5.18. The zero-order valence-electron chi connectivity index (χ0n) is 18.7. The number of benzene rings is 2. The first-order valence-corrected chi connectivity index (χ1v) is 11.6. The predicted molar refractivity (Wildman–Crippen MR) is 127 cm³/mol. The van der Waals surface area contributed by atoms with Crippen molar-refractivity contribution in [3.8, 4) is 5.75 Å². The van der Waals surface area contributed by atoms with Crippen LogP contribution in [0.25, 0.3) is 21.1 Å².